The number of thiol groups is 1. The topological polar surface area (TPSA) is 6.48 Å². The molecular formula is C18H18N2S. The smallest absolute Gasteiger partial charge is 0.133 e. The van der Waals surface area contributed by atoms with E-state index in [1.165, 1.54) is 23.4 Å². The molecule has 0 spiro atoms. The molecule has 1 atom stereocenters. The molecule has 0 bridgehead atoms. The number of allylic oxidation sites excluding steroid dienone is 1. The van der Waals surface area contributed by atoms with Crippen molar-refractivity contribution in [3.63, 3.8) is 0 Å². The molecule has 0 radical (unpaired) electrons. The molecule has 0 amide bonds. The second-order valence-electron chi connectivity index (χ2n) is 5.56. The lowest BCUT2D eigenvalue weighted by atomic mass is 10.1. The van der Waals surface area contributed by atoms with E-state index in [9.17, 15) is 0 Å². The Morgan fingerprint density at radius 2 is 1.57 bits per heavy atom. The molecule has 106 valence electrons. The van der Waals surface area contributed by atoms with Gasteiger partial charge >= 0.3 is 0 Å². The molecule has 2 heterocycles. The lowest BCUT2D eigenvalue weighted by Gasteiger charge is -2.33. The standard InChI is InChI=1S/C18H18N2S/c21-18-16-12-7-13-19(16)17(14-8-3-1-4-9-14)20(18)15-10-5-2-6-11-15/h1-6,8-11,17,21H,7,12-13H2. The molecular weight excluding hydrogens is 276 g/mol. The van der Waals surface area contributed by atoms with Gasteiger partial charge in [-0.15, -0.1) is 12.6 Å². The van der Waals surface area contributed by atoms with Crippen molar-refractivity contribution in [2.24, 2.45) is 0 Å². The zero-order valence-corrected chi connectivity index (χ0v) is 12.7. The summed E-state index contributed by atoms with van der Waals surface area (Å²) < 4.78 is 0. The van der Waals surface area contributed by atoms with E-state index in [-0.39, 0.29) is 6.17 Å². The fraction of sp³-hybridized carbons (Fsp3) is 0.222. The van der Waals surface area contributed by atoms with Gasteiger partial charge in [-0.25, -0.2) is 0 Å². The van der Waals surface area contributed by atoms with E-state index in [0.29, 0.717) is 0 Å². The first-order chi connectivity index (χ1) is 10.4. The van der Waals surface area contributed by atoms with Crippen molar-refractivity contribution in [3.05, 3.63) is 77.0 Å². The fourth-order valence-corrected chi connectivity index (χ4v) is 3.87. The van der Waals surface area contributed by atoms with Gasteiger partial charge in [0.25, 0.3) is 0 Å². The van der Waals surface area contributed by atoms with Crippen molar-refractivity contribution >= 4 is 18.3 Å². The van der Waals surface area contributed by atoms with E-state index in [2.05, 4.69) is 70.5 Å². The van der Waals surface area contributed by atoms with Crippen molar-refractivity contribution in [3.8, 4) is 0 Å². The first-order valence-electron chi connectivity index (χ1n) is 7.44. The minimum atomic E-state index is 0.235. The molecule has 3 heteroatoms. The molecule has 1 fully saturated rings. The van der Waals surface area contributed by atoms with Gasteiger partial charge in [-0.3, -0.25) is 0 Å². The highest BCUT2D eigenvalue weighted by atomic mass is 32.1. The summed E-state index contributed by atoms with van der Waals surface area (Å²) in [5.74, 6) is 0. The minimum absolute atomic E-state index is 0.235. The molecule has 2 aromatic rings. The quantitative estimate of drug-likeness (QED) is 0.820. The minimum Gasteiger partial charge on any atom is -0.348 e. The average Bonchev–Trinajstić information content (AvgIpc) is 3.11. The molecule has 2 aliphatic heterocycles. The molecule has 0 N–H and O–H groups in total. The maximum Gasteiger partial charge on any atom is 0.133 e. The lowest BCUT2D eigenvalue weighted by molar-refractivity contribution is 0.319. The Morgan fingerprint density at radius 1 is 0.905 bits per heavy atom. The first-order valence-corrected chi connectivity index (χ1v) is 7.89. The number of fused-ring (bicyclic) bond motifs is 1. The number of rotatable bonds is 2. The molecule has 4 rings (SSSR count). The van der Waals surface area contributed by atoms with Crippen molar-refractivity contribution in [1.29, 1.82) is 0 Å². The van der Waals surface area contributed by atoms with Crippen LogP contribution < -0.4 is 4.90 Å². The molecule has 1 saturated heterocycles. The predicted octanol–water partition coefficient (Wildman–Crippen LogP) is 4.40. The summed E-state index contributed by atoms with van der Waals surface area (Å²) in [4.78, 5) is 4.86. The number of nitrogens with zero attached hydrogens (tertiary/aromatic N) is 2. The third-order valence-electron chi connectivity index (χ3n) is 4.32. The van der Waals surface area contributed by atoms with Gasteiger partial charge < -0.3 is 9.80 Å². The first kappa shape index (κ1) is 12.8. The van der Waals surface area contributed by atoms with Gasteiger partial charge in [0.05, 0.1) is 5.03 Å². The second kappa shape index (κ2) is 5.15. The van der Waals surface area contributed by atoms with Crippen LogP contribution in [-0.2, 0) is 0 Å². The van der Waals surface area contributed by atoms with Crippen LogP contribution in [0.2, 0.25) is 0 Å². The number of anilines is 1. The molecule has 21 heavy (non-hydrogen) atoms. The van der Waals surface area contributed by atoms with Gasteiger partial charge in [0.1, 0.15) is 6.17 Å². The Morgan fingerprint density at radius 3 is 2.29 bits per heavy atom. The zero-order valence-electron chi connectivity index (χ0n) is 11.8. The van der Waals surface area contributed by atoms with Crippen LogP contribution in [0.5, 0.6) is 0 Å². The molecule has 0 aromatic heterocycles. The van der Waals surface area contributed by atoms with E-state index in [4.69, 9.17) is 12.6 Å². The van der Waals surface area contributed by atoms with Crippen molar-refractivity contribution in [2.45, 2.75) is 19.0 Å². The number of para-hydroxylation sites is 1. The van der Waals surface area contributed by atoms with Gasteiger partial charge in [-0.05, 0) is 30.5 Å². The monoisotopic (exact) mass is 294 g/mol. The summed E-state index contributed by atoms with van der Waals surface area (Å²) in [5, 5.41) is 1.10. The maximum absolute atomic E-state index is 4.85. The summed E-state index contributed by atoms with van der Waals surface area (Å²) in [5.41, 5.74) is 3.92. The summed E-state index contributed by atoms with van der Waals surface area (Å²) in [7, 11) is 0. The van der Waals surface area contributed by atoms with Crippen LogP contribution in [0.3, 0.4) is 0 Å². The molecule has 2 aromatic carbocycles. The van der Waals surface area contributed by atoms with Gasteiger partial charge in [-0.1, -0.05) is 48.5 Å². The molecule has 1 unspecified atom stereocenters. The Bertz CT molecular complexity index is 666. The highest BCUT2D eigenvalue weighted by Gasteiger charge is 2.40. The van der Waals surface area contributed by atoms with E-state index in [0.717, 1.165) is 18.0 Å². The maximum atomic E-state index is 4.85. The van der Waals surface area contributed by atoms with Gasteiger partial charge in [0.15, 0.2) is 0 Å². The molecule has 0 aliphatic carbocycles. The van der Waals surface area contributed by atoms with Gasteiger partial charge in [-0.2, -0.15) is 0 Å². The summed E-state index contributed by atoms with van der Waals surface area (Å²) in [6.07, 6.45) is 2.59. The van der Waals surface area contributed by atoms with Crippen molar-refractivity contribution < 1.29 is 0 Å². The van der Waals surface area contributed by atoms with Crippen molar-refractivity contribution in [2.75, 3.05) is 11.4 Å². The van der Waals surface area contributed by atoms with Crippen LogP contribution in [0.1, 0.15) is 24.6 Å². The van der Waals surface area contributed by atoms with Crippen LogP contribution in [0.4, 0.5) is 5.69 Å². The Hall–Kier alpha value is -1.87. The molecule has 0 saturated carbocycles. The van der Waals surface area contributed by atoms with Crippen LogP contribution >= 0.6 is 12.6 Å². The van der Waals surface area contributed by atoms with Crippen molar-refractivity contribution in [1.82, 2.24) is 4.90 Å². The fourth-order valence-electron chi connectivity index (χ4n) is 3.41. The number of hydrogen-bond acceptors (Lipinski definition) is 3. The Kier molecular flexibility index (Phi) is 3.15. The summed E-state index contributed by atoms with van der Waals surface area (Å²) in [6, 6.07) is 21.3. The third kappa shape index (κ3) is 2.04. The highest BCUT2D eigenvalue weighted by molar-refractivity contribution is 7.84. The highest BCUT2D eigenvalue weighted by Crippen LogP contribution is 2.47. The predicted molar refractivity (Wildman–Crippen MR) is 90.1 cm³/mol. The number of hydrogen-bond donors (Lipinski definition) is 1. The lowest BCUT2D eigenvalue weighted by Crippen LogP contribution is -2.31. The van der Waals surface area contributed by atoms with Crippen LogP contribution in [0.15, 0.2) is 71.4 Å². The van der Waals surface area contributed by atoms with E-state index >= 15 is 0 Å². The summed E-state index contributed by atoms with van der Waals surface area (Å²) in [6.45, 7) is 1.11. The Balaban J connectivity index is 1.83. The second-order valence-corrected chi connectivity index (χ2v) is 5.98. The zero-order chi connectivity index (χ0) is 14.2. The normalized spacial score (nSPS) is 21.1. The molecule has 2 aliphatic rings. The van der Waals surface area contributed by atoms with Crippen LogP contribution in [0.25, 0.3) is 0 Å². The SMILES string of the molecule is SC1=C2CCCN2C(c2ccccc2)N1c1ccccc1. The van der Waals surface area contributed by atoms with Crippen LogP contribution in [-0.4, -0.2) is 11.4 Å². The average molecular weight is 294 g/mol. The molecule has 2 nitrogen and oxygen atoms in total. The third-order valence-corrected chi connectivity index (χ3v) is 4.79. The van der Waals surface area contributed by atoms with Crippen LogP contribution in [0, 0.1) is 0 Å². The van der Waals surface area contributed by atoms with E-state index in [1.807, 2.05) is 0 Å². The van der Waals surface area contributed by atoms with E-state index < -0.39 is 0 Å². The number of benzene rings is 2. The summed E-state index contributed by atoms with van der Waals surface area (Å²) >= 11 is 4.85. The van der Waals surface area contributed by atoms with Gasteiger partial charge in [0, 0.05) is 17.9 Å². The van der Waals surface area contributed by atoms with E-state index in [1.54, 1.807) is 0 Å². The Labute approximate surface area is 131 Å². The largest absolute Gasteiger partial charge is 0.348 e. The van der Waals surface area contributed by atoms with Gasteiger partial charge in [0.2, 0.25) is 0 Å².